The fraction of sp³-hybridized carbons (Fsp3) is 0.261. The van der Waals surface area contributed by atoms with Crippen LogP contribution >= 0.6 is 0 Å². The fourth-order valence-electron chi connectivity index (χ4n) is 2.92. The van der Waals surface area contributed by atoms with E-state index in [4.69, 9.17) is 4.74 Å². The van der Waals surface area contributed by atoms with Gasteiger partial charge in [-0.2, -0.15) is 5.10 Å². The molecule has 1 aromatic heterocycles. The minimum Gasteiger partial charge on any atom is -0.494 e. The van der Waals surface area contributed by atoms with Crippen molar-refractivity contribution >= 4 is 11.6 Å². The van der Waals surface area contributed by atoms with Crippen LogP contribution in [0.4, 0.5) is 5.69 Å². The number of rotatable bonds is 6. The van der Waals surface area contributed by atoms with Crippen molar-refractivity contribution in [2.45, 2.75) is 33.7 Å². The summed E-state index contributed by atoms with van der Waals surface area (Å²) in [5, 5.41) is 7.28. The Balaban J connectivity index is 1.83. The Kier molecular flexibility index (Phi) is 6.12. The second kappa shape index (κ2) is 8.73. The van der Waals surface area contributed by atoms with E-state index in [1.54, 1.807) is 13.0 Å². The molecular formula is C23H25N3O3. The van der Waals surface area contributed by atoms with Crippen molar-refractivity contribution in [1.82, 2.24) is 9.78 Å². The first-order valence-electron chi connectivity index (χ1n) is 9.60. The molecule has 0 aliphatic carbocycles. The van der Waals surface area contributed by atoms with E-state index in [1.165, 1.54) is 10.7 Å². The Labute approximate surface area is 170 Å². The van der Waals surface area contributed by atoms with Gasteiger partial charge in [-0.25, -0.2) is 4.68 Å². The van der Waals surface area contributed by atoms with Crippen LogP contribution in [0, 0.1) is 13.8 Å². The smallest absolute Gasteiger partial charge is 0.267 e. The highest BCUT2D eigenvalue weighted by atomic mass is 16.5. The number of amides is 1. The Bertz CT molecular complexity index is 1070. The lowest BCUT2D eigenvalue weighted by molar-refractivity contribution is -0.119. The van der Waals surface area contributed by atoms with Crippen LogP contribution in [-0.2, 0) is 4.79 Å². The van der Waals surface area contributed by atoms with Crippen molar-refractivity contribution in [3.63, 3.8) is 0 Å². The van der Waals surface area contributed by atoms with Gasteiger partial charge < -0.3 is 10.1 Å². The van der Waals surface area contributed by atoms with Gasteiger partial charge in [-0.05, 0) is 81.3 Å². The van der Waals surface area contributed by atoms with Gasteiger partial charge in [0.05, 0.1) is 12.3 Å². The minimum absolute atomic E-state index is 0.299. The van der Waals surface area contributed by atoms with Gasteiger partial charge >= 0.3 is 0 Å². The zero-order valence-electron chi connectivity index (χ0n) is 17.1. The van der Waals surface area contributed by atoms with Crippen LogP contribution in [0.15, 0.2) is 59.4 Å². The van der Waals surface area contributed by atoms with Crippen LogP contribution in [0.5, 0.6) is 5.75 Å². The molecule has 1 heterocycles. The Hall–Kier alpha value is -3.41. The summed E-state index contributed by atoms with van der Waals surface area (Å²) in [6, 6.07) is 15.5. The number of anilines is 1. The van der Waals surface area contributed by atoms with Gasteiger partial charge in [0.25, 0.3) is 5.56 Å². The lowest BCUT2D eigenvalue weighted by Crippen LogP contribution is -2.33. The zero-order chi connectivity index (χ0) is 21.0. The predicted molar refractivity (Wildman–Crippen MR) is 114 cm³/mol. The number of aryl methyl sites for hydroxylation is 2. The molecule has 0 radical (unpaired) electrons. The summed E-state index contributed by atoms with van der Waals surface area (Å²) in [6.07, 6.45) is 0. The molecule has 0 aliphatic rings. The molecule has 1 unspecified atom stereocenters. The quantitative estimate of drug-likeness (QED) is 0.686. The molecular weight excluding hydrogens is 366 g/mol. The lowest BCUT2D eigenvalue weighted by atomic mass is 10.1. The van der Waals surface area contributed by atoms with E-state index >= 15 is 0 Å². The van der Waals surface area contributed by atoms with Crippen LogP contribution < -0.4 is 15.6 Å². The molecule has 0 fully saturated rings. The molecule has 1 N–H and O–H groups in total. The number of nitrogens with one attached hydrogen (secondary N) is 1. The van der Waals surface area contributed by atoms with E-state index in [2.05, 4.69) is 10.4 Å². The number of carbonyl (C=O) groups excluding carboxylic acids is 1. The first-order valence-corrected chi connectivity index (χ1v) is 9.60. The number of aromatic nitrogens is 2. The van der Waals surface area contributed by atoms with Gasteiger partial charge in [0.1, 0.15) is 11.8 Å². The van der Waals surface area contributed by atoms with E-state index < -0.39 is 6.04 Å². The third kappa shape index (κ3) is 4.71. The minimum atomic E-state index is -0.758. The molecule has 150 valence electrons. The van der Waals surface area contributed by atoms with E-state index in [0.29, 0.717) is 18.0 Å². The molecule has 2 aromatic carbocycles. The molecule has 0 saturated carbocycles. The molecule has 0 spiro atoms. The summed E-state index contributed by atoms with van der Waals surface area (Å²) in [7, 11) is 0. The van der Waals surface area contributed by atoms with Crippen molar-refractivity contribution in [1.29, 1.82) is 0 Å². The standard InChI is InChI=1S/C23H25N3O3/c1-5-29-20-10-7-18(8-11-20)21-12-13-22(27)26(25-21)17(4)23(28)24-19-9-6-15(2)16(3)14-19/h6-14,17H,5H2,1-4H3,(H,24,28). The second-order valence-corrected chi connectivity index (χ2v) is 6.92. The summed E-state index contributed by atoms with van der Waals surface area (Å²) in [5.41, 5.74) is 4.05. The molecule has 3 rings (SSSR count). The van der Waals surface area contributed by atoms with Gasteiger partial charge in [0, 0.05) is 17.3 Å². The molecule has 3 aromatic rings. The maximum Gasteiger partial charge on any atom is 0.267 e. The summed E-state index contributed by atoms with van der Waals surface area (Å²) in [5.74, 6) is 0.470. The zero-order valence-corrected chi connectivity index (χ0v) is 17.1. The Morgan fingerprint density at radius 2 is 1.79 bits per heavy atom. The van der Waals surface area contributed by atoms with E-state index in [9.17, 15) is 9.59 Å². The van der Waals surface area contributed by atoms with Crippen LogP contribution in [0.1, 0.15) is 31.0 Å². The van der Waals surface area contributed by atoms with Crippen molar-refractivity contribution in [3.05, 3.63) is 76.1 Å². The third-order valence-corrected chi connectivity index (χ3v) is 4.81. The number of benzene rings is 2. The molecule has 6 heteroatoms. The third-order valence-electron chi connectivity index (χ3n) is 4.81. The Morgan fingerprint density at radius 1 is 1.07 bits per heavy atom. The monoisotopic (exact) mass is 391 g/mol. The van der Waals surface area contributed by atoms with Gasteiger partial charge in [-0.1, -0.05) is 6.07 Å². The summed E-state index contributed by atoms with van der Waals surface area (Å²) < 4.78 is 6.66. The van der Waals surface area contributed by atoms with Gasteiger partial charge in [-0.15, -0.1) is 0 Å². The van der Waals surface area contributed by atoms with Crippen LogP contribution in [0.25, 0.3) is 11.3 Å². The van der Waals surface area contributed by atoms with Crippen molar-refractivity contribution in [2.75, 3.05) is 11.9 Å². The van der Waals surface area contributed by atoms with E-state index in [0.717, 1.165) is 22.4 Å². The van der Waals surface area contributed by atoms with Gasteiger partial charge in [0.2, 0.25) is 5.91 Å². The van der Waals surface area contributed by atoms with E-state index in [-0.39, 0.29) is 11.5 Å². The van der Waals surface area contributed by atoms with Crippen molar-refractivity contribution < 1.29 is 9.53 Å². The molecule has 6 nitrogen and oxygen atoms in total. The number of ether oxygens (including phenoxy) is 1. The summed E-state index contributed by atoms with van der Waals surface area (Å²) in [4.78, 5) is 25.0. The average molecular weight is 391 g/mol. The normalized spacial score (nSPS) is 11.7. The average Bonchev–Trinajstić information content (AvgIpc) is 2.71. The molecule has 0 saturated heterocycles. The lowest BCUT2D eigenvalue weighted by Gasteiger charge is -2.15. The summed E-state index contributed by atoms with van der Waals surface area (Å²) in [6.45, 7) is 8.18. The highest BCUT2D eigenvalue weighted by Crippen LogP contribution is 2.21. The SMILES string of the molecule is CCOc1ccc(-c2ccc(=O)n(C(C)C(=O)Nc3ccc(C)c(C)c3)n2)cc1. The predicted octanol–water partition coefficient (Wildman–Crippen LogP) is 4.13. The number of hydrogen-bond donors (Lipinski definition) is 1. The van der Waals surface area contributed by atoms with Crippen LogP contribution in [0.3, 0.4) is 0 Å². The fourth-order valence-corrected chi connectivity index (χ4v) is 2.92. The summed E-state index contributed by atoms with van der Waals surface area (Å²) >= 11 is 0. The molecule has 1 atom stereocenters. The number of hydrogen-bond acceptors (Lipinski definition) is 4. The van der Waals surface area contributed by atoms with Crippen molar-refractivity contribution in [3.8, 4) is 17.0 Å². The first-order chi connectivity index (χ1) is 13.9. The maximum atomic E-state index is 12.7. The highest BCUT2D eigenvalue weighted by Gasteiger charge is 2.18. The van der Waals surface area contributed by atoms with Crippen LogP contribution in [-0.4, -0.2) is 22.3 Å². The molecule has 0 bridgehead atoms. The van der Waals surface area contributed by atoms with Gasteiger partial charge in [0.15, 0.2) is 0 Å². The molecule has 0 aliphatic heterocycles. The number of nitrogens with zero attached hydrogens (tertiary/aromatic N) is 2. The van der Waals surface area contributed by atoms with Gasteiger partial charge in [-0.3, -0.25) is 9.59 Å². The topological polar surface area (TPSA) is 73.2 Å². The maximum absolute atomic E-state index is 12.7. The van der Waals surface area contributed by atoms with E-state index in [1.807, 2.05) is 63.2 Å². The Morgan fingerprint density at radius 3 is 2.45 bits per heavy atom. The molecule has 1 amide bonds. The van der Waals surface area contributed by atoms with Crippen LogP contribution in [0.2, 0.25) is 0 Å². The largest absolute Gasteiger partial charge is 0.494 e. The first kappa shape index (κ1) is 20.3. The molecule has 29 heavy (non-hydrogen) atoms. The van der Waals surface area contributed by atoms with Crippen molar-refractivity contribution in [2.24, 2.45) is 0 Å². The number of carbonyl (C=O) groups is 1. The highest BCUT2D eigenvalue weighted by molar-refractivity contribution is 5.93. The second-order valence-electron chi connectivity index (χ2n) is 6.92.